The van der Waals surface area contributed by atoms with Crippen molar-refractivity contribution in [3.8, 4) is 11.1 Å². The minimum atomic E-state index is -4.25. The van der Waals surface area contributed by atoms with E-state index in [2.05, 4.69) is 15.2 Å². The van der Waals surface area contributed by atoms with Gasteiger partial charge in [0.1, 0.15) is 18.0 Å². The van der Waals surface area contributed by atoms with Crippen molar-refractivity contribution < 1.29 is 28.0 Å². The first-order valence-corrected chi connectivity index (χ1v) is 13.5. The lowest BCUT2D eigenvalue weighted by Gasteiger charge is -2.18. The molecule has 0 radical (unpaired) electrons. The molecule has 4 rings (SSSR count). The number of carbonyl (C=O) groups is 2. The zero-order valence-corrected chi connectivity index (χ0v) is 21.5. The highest BCUT2D eigenvalue weighted by Crippen LogP contribution is 2.27. The zero-order chi connectivity index (χ0) is 28.0. The summed E-state index contributed by atoms with van der Waals surface area (Å²) in [4.78, 5) is 29.6. The first-order chi connectivity index (χ1) is 18.6. The van der Waals surface area contributed by atoms with Crippen LogP contribution >= 0.6 is 0 Å². The molecule has 1 aliphatic heterocycles. The molecule has 1 aliphatic rings. The summed E-state index contributed by atoms with van der Waals surface area (Å²) in [6.45, 7) is -0.464. The summed E-state index contributed by atoms with van der Waals surface area (Å²) in [7, 11) is -4.25. The van der Waals surface area contributed by atoms with Gasteiger partial charge in [0.15, 0.2) is 0 Å². The number of carboxylic acid groups (broad SMARTS) is 1. The third-order valence-corrected chi connectivity index (χ3v) is 7.57. The van der Waals surface area contributed by atoms with Gasteiger partial charge in [0, 0.05) is 24.1 Å². The molecule has 0 aliphatic carbocycles. The second kappa shape index (κ2) is 11.9. The molecule has 11 nitrogen and oxygen atoms in total. The van der Waals surface area contributed by atoms with E-state index in [1.54, 1.807) is 72.8 Å². The fraction of sp³-hybridized carbons (Fsp3) is 0.185. The van der Waals surface area contributed by atoms with Crippen LogP contribution in [0.1, 0.15) is 24.0 Å². The highest BCUT2D eigenvalue weighted by atomic mass is 32.2. The molecule has 0 fully saturated rings. The Bertz CT molecular complexity index is 1510. The zero-order valence-electron chi connectivity index (χ0n) is 20.7. The van der Waals surface area contributed by atoms with Crippen LogP contribution in [0.5, 0.6) is 0 Å². The normalized spacial score (nSPS) is 15.6. The van der Waals surface area contributed by atoms with E-state index in [9.17, 15) is 23.1 Å². The second-order valence-corrected chi connectivity index (χ2v) is 10.5. The second-order valence-electron chi connectivity index (χ2n) is 8.84. The Labute approximate surface area is 225 Å². The Kier molecular flexibility index (Phi) is 8.37. The van der Waals surface area contributed by atoms with Crippen LogP contribution in [0.3, 0.4) is 0 Å². The number of carboxylic acids is 1. The molecule has 0 bridgehead atoms. The molecule has 202 valence electrons. The van der Waals surface area contributed by atoms with Crippen molar-refractivity contribution in [1.29, 1.82) is 5.41 Å². The van der Waals surface area contributed by atoms with Crippen LogP contribution < -0.4 is 15.8 Å². The van der Waals surface area contributed by atoms with E-state index in [-0.39, 0.29) is 17.2 Å². The molecule has 0 saturated carbocycles. The van der Waals surface area contributed by atoms with Crippen molar-refractivity contribution in [2.24, 2.45) is 10.9 Å². The Morgan fingerprint density at radius 1 is 1.03 bits per heavy atom. The van der Waals surface area contributed by atoms with E-state index in [0.29, 0.717) is 28.8 Å². The standard InChI is InChI=1S/C27H27N5O6S/c28-26(29)19-12-10-18(11-13-19)22-14-20(38-31-22)15-25(33)30-16-23(27(34)35)32-39(36,37)24-9-5-4-8-21(24)17-6-2-1-3-7-17/h1-13,20,23,32H,14-16H2,(H3,28,29)(H,30,33)(H,34,35)/t20?,23-/m0/s1. The maximum absolute atomic E-state index is 13.2. The molecule has 0 aromatic heterocycles. The Hall–Kier alpha value is -4.55. The largest absolute Gasteiger partial charge is 0.480 e. The highest BCUT2D eigenvalue weighted by molar-refractivity contribution is 7.89. The van der Waals surface area contributed by atoms with E-state index < -0.39 is 40.6 Å². The average Bonchev–Trinajstić information content (AvgIpc) is 3.39. The molecule has 3 aromatic rings. The number of amidine groups is 1. The number of rotatable bonds is 11. The molecule has 3 aromatic carbocycles. The van der Waals surface area contributed by atoms with Gasteiger partial charge in [-0.3, -0.25) is 15.0 Å². The number of hydrogen-bond acceptors (Lipinski definition) is 7. The van der Waals surface area contributed by atoms with Crippen LogP contribution in [0.2, 0.25) is 0 Å². The lowest BCUT2D eigenvalue weighted by atomic mass is 10.0. The highest BCUT2D eigenvalue weighted by Gasteiger charge is 2.29. The van der Waals surface area contributed by atoms with Gasteiger partial charge >= 0.3 is 5.97 Å². The fourth-order valence-corrected chi connectivity index (χ4v) is 5.45. The van der Waals surface area contributed by atoms with Crippen LogP contribution in [0.15, 0.2) is 88.9 Å². The van der Waals surface area contributed by atoms with Gasteiger partial charge in [-0.2, -0.15) is 4.72 Å². The smallest absolute Gasteiger partial charge is 0.323 e. The molecular weight excluding hydrogens is 522 g/mol. The lowest BCUT2D eigenvalue weighted by molar-refractivity contribution is -0.138. The van der Waals surface area contributed by atoms with Crippen molar-refractivity contribution in [1.82, 2.24) is 10.0 Å². The number of amides is 1. The molecule has 12 heteroatoms. The molecule has 1 heterocycles. The summed E-state index contributed by atoms with van der Waals surface area (Å²) >= 11 is 0. The summed E-state index contributed by atoms with van der Waals surface area (Å²) in [6, 6.07) is 20.4. The molecule has 1 amide bonds. The lowest BCUT2D eigenvalue weighted by Crippen LogP contribution is -2.48. The number of nitrogen functional groups attached to an aromatic ring is 1. The maximum atomic E-state index is 13.2. The van der Waals surface area contributed by atoms with Crippen molar-refractivity contribution in [3.05, 3.63) is 90.0 Å². The van der Waals surface area contributed by atoms with Crippen molar-refractivity contribution >= 4 is 33.4 Å². The predicted octanol–water partition coefficient (Wildman–Crippen LogP) is 2.07. The van der Waals surface area contributed by atoms with Crippen molar-refractivity contribution in [2.45, 2.75) is 29.9 Å². The summed E-state index contributed by atoms with van der Waals surface area (Å²) in [5.41, 5.74) is 8.50. The number of sulfonamides is 1. The fourth-order valence-electron chi connectivity index (χ4n) is 4.03. The summed E-state index contributed by atoms with van der Waals surface area (Å²) in [6.07, 6.45) is -0.322. The Morgan fingerprint density at radius 2 is 1.69 bits per heavy atom. The number of aliphatic carboxylic acids is 1. The van der Waals surface area contributed by atoms with E-state index in [0.717, 1.165) is 5.56 Å². The van der Waals surface area contributed by atoms with Crippen molar-refractivity contribution in [2.75, 3.05) is 6.54 Å². The molecule has 2 atom stereocenters. The molecule has 6 N–H and O–H groups in total. The monoisotopic (exact) mass is 549 g/mol. The SMILES string of the molecule is N=C(N)c1ccc(C2=NOC(CC(=O)NC[C@H](NS(=O)(=O)c3ccccc3-c3ccccc3)C(=O)O)C2)cc1. The summed E-state index contributed by atoms with van der Waals surface area (Å²) in [5, 5.41) is 23.6. The number of hydrogen-bond donors (Lipinski definition) is 5. The molecule has 1 unspecified atom stereocenters. The van der Waals surface area contributed by atoms with Crippen LogP contribution in [0.4, 0.5) is 0 Å². The first kappa shape index (κ1) is 27.5. The predicted molar refractivity (Wildman–Crippen MR) is 145 cm³/mol. The first-order valence-electron chi connectivity index (χ1n) is 12.0. The quantitative estimate of drug-likeness (QED) is 0.179. The van der Waals surface area contributed by atoms with Gasteiger partial charge in [-0.05, 0) is 17.2 Å². The van der Waals surface area contributed by atoms with Gasteiger partial charge in [0.25, 0.3) is 0 Å². The minimum absolute atomic E-state index is 0.0527. The van der Waals surface area contributed by atoms with E-state index in [1.165, 1.54) is 6.07 Å². The number of nitrogens with zero attached hydrogens (tertiary/aromatic N) is 1. The maximum Gasteiger partial charge on any atom is 0.323 e. The Balaban J connectivity index is 1.35. The van der Waals surface area contributed by atoms with Gasteiger partial charge in [-0.15, -0.1) is 0 Å². The minimum Gasteiger partial charge on any atom is -0.480 e. The number of nitrogens with two attached hydrogens (primary N) is 1. The van der Waals surface area contributed by atoms with Gasteiger partial charge in [0.05, 0.1) is 17.0 Å². The number of carbonyl (C=O) groups excluding carboxylic acids is 1. The van der Waals surface area contributed by atoms with Gasteiger partial charge in [-0.1, -0.05) is 78.0 Å². The van der Waals surface area contributed by atoms with Gasteiger partial charge in [-0.25, -0.2) is 8.42 Å². The van der Waals surface area contributed by atoms with E-state index in [1.807, 2.05) is 0 Å². The van der Waals surface area contributed by atoms with Crippen LogP contribution in [-0.2, 0) is 24.4 Å². The molecule has 0 saturated heterocycles. The Morgan fingerprint density at radius 3 is 2.36 bits per heavy atom. The topological polar surface area (TPSA) is 184 Å². The van der Waals surface area contributed by atoms with Crippen LogP contribution in [0, 0.1) is 5.41 Å². The molecule has 39 heavy (non-hydrogen) atoms. The van der Waals surface area contributed by atoms with Crippen molar-refractivity contribution in [3.63, 3.8) is 0 Å². The summed E-state index contributed by atoms with van der Waals surface area (Å²) in [5.74, 6) is -2.01. The van der Waals surface area contributed by atoms with E-state index in [4.69, 9.17) is 16.0 Å². The van der Waals surface area contributed by atoms with Crippen LogP contribution in [-0.4, -0.2) is 55.6 Å². The third-order valence-electron chi connectivity index (χ3n) is 6.04. The van der Waals surface area contributed by atoms with Gasteiger partial charge in [0.2, 0.25) is 15.9 Å². The van der Waals surface area contributed by atoms with E-state index >= 15 is 0 Å². The number of oxime groups is 1. The van der Waals surface area contributed by atoms with Crippen LogP contribution in [0.25, 0.3) is 11.1 Å². The summed E-state index contributed by atoms with van der Waals surface area (Å²) < 4.78 is 28.5. The average molecular weight is 550 g/mol. The number of nitrogens with one attached hydrogen (secondary N) is 3. The van der Waals surface area contributed by atoms with Gasteiger partial charge < -0.3 is 21.0 Å². The molecule has 0 spiro atoms. The molecular formula is C27H27N5O6S. The number of benzene rings is 3. The third kappa shape index (κ3) is 6.86.